The van der Waals surface area contributed by atoms with E-state index in [-0.39, 0.29) is 12.3 Å². The predicted molar refractivity (Wildman–Crippen MR) is 75.7 cm³/mol. The summed E-state index contributed by atoms with van der Waals surface area (Å²) < 4.78 is 5.17. The van der Waals surface area contributed by atoms with Crippen LogP contribution in [0.1, 0.15) is 11.1 Å². The van der Waals surface area contributed by atoms with Gasteiger partial charge in [-0.25, -0.2) is 0 Å². The maximum Gasteiger partial charge on any atom is 0.261 e. The van der Waals surface area contributed by atoms with Crippen molar-refractivity contribution in [3.05, 3.63) is 59.7 Å². The minimum absolute atomic E-state index is 0.215. The first-order valence-corrected chi connectivity index (χ1v) is 6.40. The Morgan fingerprint density at radius 3 is 2.80 bits per heavy atom. The van der Waals surface area contributed by atoms with Gasteiger partial charge >= 0.3 is 0 Å². The summed E-state index contributed by atoms with van der Waals surface area (Å²) in [6.07, 6.45) is 0.215. The van der Waals surface area contributed by atoms with Crippen LogP contribution < -0.4 is 10.1 Å². The maximum atomic E-state index is 12.1. The number of amides is 1. The second-order valence-corrected chi connectivity index (χ2v) is 4.89. The molecule has 0 radical (unpaired) electrons. The van der Waals surface area contributed by atoms with Crippen molar-refractivity contribution in [2.75, 3.05) is 12.4 Å². The van der Waals surface area contributed by atoms with Crippen molar-refractivity contribution in [1.82, 2.24) is 0 Å². The Morgan fingerprint density at radius 2 is 2.00 bits per heavy atom. The van der Waals surface area contributed by atoms with Gasteiger partial charge in [-0.15, -0.1) is 0 Å². The molecule has 1 aliphatic heterocycles. The fourth-order valence-corrected chi connectivity index (χ4v) is 2.55. The molecule has 1 aliphatic rings. The summed E-state index contributed by atoms with van der Waals surface area (Å²) in [5.41, 5.74) is 0.609. The van der Waals surface area contributed by atoms with Gasteiger partial charge < -0.3 is 15.2 Å². The van der Waals surface area contributed by atoms with Crippen molar-refractivity contribution in [3.8, 4) is 5.75 Å². The van der Waals surface area contributed by atoms with Crippen molar-refractivity contribution >= 4 is 11.6 Å². The third-order valence-corrected chi connectivity index (χ3v) is 3.59. The van der Waals surface area contributed by atoms with E-state index in [1.165, 1.54) is 0 Å². The van der Waals surface area contributed by atoms with Gasteiger partial charge in [0.05, 0.1) is 7.11 Å². The molecule has 102 valence electrons. The number of para-hydroxylation sites is 1. The standard InChI is InChI=1S/C16H15NO3/c1-20-12-6-4-5-11(9-12)10-16(19)13-7-2-3-8-14(13)17-15(16)18/h2-9,19H,10H2,1H3,(H,17,18)/t16-/m1/s1. The zero-order valence-corrected chi connectivity index (χ0v) is 11.1. The number of anilines is 1. The molecule has 3 rings (SSSR count). The van der Waals surface area contributed by atoms with Gasteiger partial charge in [-0.05, 0) is 23.8 Å². The Bertz CT molecular complexity index is 668. The normalized spacial score (nSPS) is 20.4. The number of carbonyl (C=O) groups is 1. The summed E-state index contributed by atoms with van der Waals surface area (Å²) >= 11 is 0. The number of fused-ring (bicyclic) bond motifs is 1. The summed E-state index contributed by atoms with van der Waals surface area (Å²) in [5.74, 6) is 0.319. The molecule has 1 heterocycles. The smallest absolute Gasteiger partial charge is 0.261 e. The second-order valence-electron chi connectivity index (χ2n) is 4.89. The Kier molecular flexibility index (Phi) is 2.95. The predicted octanol–water partition coefficient (Wildman–Crippen LogP) is 2.08. The van der Waals surface area contributed by atoms with E-state index >= 15 is 0 Å². The fourth-order valence-electron chi connectivity index (χ4n) is 2.55. The van der Waals surface area contributed by atoms with Crippen molar-refractivity contribution < 1.29 is 14.6 Å². The third kappa shape index (κ3) is 1.94. The van der Waals surface area contributed by atoms with Gasteiger partial charge in [0.1, 0.15) is 5.75 Å². The zero-order chi connectivity index (χ0) is 14.2. The molecule has 2 aromatic carbocycles. The van der Waals surface area contributed by atoms with Crippen LogP contribution >= 0.6 is 0 Å². The molecule has 1 atom stereocenters. The van der Waals surface area contributed by atoms with Crippen LogP contribution in [0.2, 0.25) is 0 Å². The molecule has 0 unspecified atom stereocenters. The van der Waals surface area contributed by atoms with Crippen LogP contribution in [0.3, 0.4) is 0 Å². The fraction of sp³-hybridized carbons (Fsp3) is 0.188. The first-order chi connectivity index (χ1) is 9.63. The van der Waals surface area contributed by atoms with E-state index in [0.717, 1.165) is 5.56 Å². The summed E-state index contributed by atoms with van der Waals surface area (Å²) in [5, 5.41) is 13.5. The molecule has 2 N–H and O–H groups in total. The maximum absolute atomic E-state index is 12.1. The van der Waals surface area contributed by atoms with Crippen molar-refractivity contribution in [2.45, 2.75) is 12.0 Å². The lowest BCUT2D eigenvalue weighted by Gasteiger charge is -2.21. The second kappa shape index (κ2) is 4.65. The molecule has 2 aromatic rings. The lowest BCUT2D eigenvalue weighted by molar-refractivity contribution is -0.133. The van der Waals surface area contributed by atoms with E-state index in [1.807, 2.05) is 36.4 Å². The van der Waals surface area contributed by atoms with E-state index in [9.17, 15) is 9.90 Å². The summed E-state index contributed by atoms with van der Waals surface area (Å²) in [6.45, 7) is 0. The van der Waals surface area contributed by atoms with Gasteiger partial charge in [0.25, 0.3) is 5.91 Å². The van der Waals surface area contributed by atoms with E-state index in [2.05, 4.69) is 5.32 Å². The SMILES string of the molecule is COc1cccc(C[C@]2(O)C(=O)Nc3ccccc32)c1. The van der Waals surface area contributed by atoms with Crippen molar-refractivity contribution in [1.29, 1.82) is 0 Å². The lowest BCUT2D eigenvalue weighted by Crippen LogP contribution is -2.36. The number of benzene rings is 2. The molecule has 0 saturated carbocycles. The van der Waals surface area contributed by atoms with Crippen LogP contribution in [0, 0.1) is 0 Å². The van der Waals surface area contributed by atoms with Gasteiger partial charge in [0, 0.05) is 17.7 Å². The van der Waals surface area contributed by atoms with Gasteiger partial charge in [-0.1, -0.05) is 30.3 Å². The Hall–Kier alpha value is -2.33. The first-order valence-electron chi connectivity index (χ1n) is 6.40. The largest absolute Gasteiger partial charge is 0.497 e. The molecule has 0 fully saturated rings. The van der Waals surface area contributed by atoms with Gasteiger partial charge in [-0.3, -0.25) is 4.79 Å². The Morgan fingerprint density at radius 1 is 1.20 bits per heavy atom. The number of nitrogens with one attached hydrogen (secondary N) is 1. The topological polar surface area (TPSA) is 58.6 Å². The van der Waals surface area contributed by atoms with E-state index in [4.69, 9.17) is 4.74 Å². The number of ether oxygens (including phenoxy) is 1. The van der Waals surface area contributed by atoms with Crippen molar-refractivity contribution in [3.63, 3.8) is 0 Å². The molecule has 0 spiro atoms. The van der Waals surface area contributed by atoms with Gasteiger partial charge in [0.15, 0.2) is 5.60 Å². The van der Waals surface area contributed by atoms with Crippen LogP contribution in [-0.4, -0.2) is 18.1 Å². The minimum atomic E-state index is -1.52. The quantitative estimate of drug-likeness (QED) is 0.897. The molecule has 20 heavy (non-hydrogen) atoms. The minimum Gasteiger partial charge on any atom is -0.497 e. The van der Waals surface area contributed by atoms with Crippen LogP contribution in [0.25, 0.3) is 0 Å². The molecular formula is C16H15NO3. The number of aliphatic hydroxyl groups is 1. The van der Waals surface area contributed by atoms with Crippen molar-refractivity contribution in [2.24, 2.45) is 0 Å². The molecule has 0 aliphatic carbocycles. The van der Waals surface area contributed by atoms with E-state index in [0.29, 0.717) is 17.0 Å². The highest BCUT2D eigenvalue weighted by molar-refractivity contribution is 6.05. The zero-order valence-electron chi connectivity index (χ0n) is 11.1. The molecule has 0 saturated heterocycles. The Labute approximate surface area is 117 Å². The van der Waals surface area contributed by atoms with Gasteiger partial charge in [0.2, 0.25) is 0 Å². The number of hydrogen-bond donors (Lipinski definition) is 2. The third-order valence-electron chi connectivity index (χ3n) is 3.59. The summed E-state index contributed by atoms with van der Waals surface area (Å²) in [7, 11) is 1.59. The number of hydrogen-bond acceptors (Lipinski definition) is 3. The number of carbonyl (C=O) groups excluding carboxylic acids is 1. The molecular weight excluding hydrogens is 254 g/mol. The molecule has 0 aromatic heterocycles. The lowest BCUT2D eigenvalue weighted by atomic mass is 9.88. The van der Waals surface area contributed by atoms with Crippen LogP contribution in [0.15, 0.2) is 48.5 Å². The highest BCUT2D eigenvalue weighted by Crippen LogP contribution is 2.38. The first kappa shape index (κ1) is 12.7. The summed E-state index contributed by atoms with van der Waals surface area (Å²) in [4.78, 5) is 12.1. The van der Waals surface area contributed by atoms with Crippen LogP contribution in [0.5, 0.6) is 5.75 Å². The van der Waals surface area contributed by atoms with Gasteiger partial charge in [-0.2, -0.15) is 0 Å². The molecule has 1 amide bonds. The van der Waals surface area contributed by atoms with Crippen LogP contribution in [0.4, 0.5) is 5.69 Å². The number of methoxy groups -OCH3 is 1. The monoisotopic (exact) mass is 269 g/mol. The molecule has 0 bridgehead atoms. The molecule has 4 nitrogen and oxygen atoms in total. The van der Waals surface area contributed by atoms with E-state index < -0.39 is 5.60 Å². The highest BCUT2D eigenvalue weighted by atomic mass is 16.5. The average molecular weight is 269 g/mol. The van der Waals surface area contributed by atoms with E-state index in [1.54, 1.807) is 19.2 Å². The van der Waals surface area contributed by atoms with Crippen LogP contribution in [-0.2, 0) is 16.8 Å². The Balaban J connectivity index is 1.98. The molecule has 4 heteroatoms. The highest BCUT2D eigenvalue weighted by Gasteiger charge is 2.44. The average Bonchev–Trinajstić information content (AvgIpc) is 2.71. The number of rotatable bonds is 3. The summed E-state index contributed by atoms with van der Waals surface area (Å²) in [6, 6.07) is 14.6.